The Kier molecular flexibility index (Phi) is 5.19. The van der Waals surface area contributed by atoms with Crippen LogP contribution in [0.15, 0.2) is 17.1 Å². The standard InChI is InChI=1S/C12H15Cl2FN4O/c1-12(2,3)19-11(20)18-10(16)17-9-5-6(13)8(15)4-7(9)14/h4-5H,1-3H3,(H4,16,17,18,19,20). The second kappa shape index (κ2) is 6.28. The molecule has 0 bridgehead atoms. The second-order valence-corrected chi connectivity index (χ2v) is 5.86. The zero-order valence-electron chi connectivity index (χ0n) is 11.2. The van der Waals surface area contributed by atoms with Crippen LogP contribution in [0.4, 0.5) is 14.9 Å². The third-order valence-corrected chi connectivity index (χ3v) is 2.55. The summed E-state index contributed by atoms with van der Waals surface area (Å²) in [6.45, 7) is 5.45. The van der Waals surface area contributed by atoms with E-state index in [1.54, 1.807) is 0 Å². The average Bonchev–Trinajstić information content (AvgIpc) is 2.22. The molecular weight excluding hydrogens is 306 g/mol. The number of benzene rings is 1. The molecule has 0 saturated carbocycles. The van der Waals surface area contributed by atoms with Gasteiger partial charge in [0, 0.05) is 5.54 Å². The Morgan fingerprint density at radius 3 is 2.45 bits per heavy atom. The molecule has 1 aromatic rings. The Hall–Kier alpha value is -1.53. The number of amides is 2. The van der Waals surface area contributed by atoms with Crippen molar-refractivity contribution in [1.82, 2.24) is 10.6 Å². The van der Waals surface area contributed by atoms with Crippen molar-refractivity contribution in [3.63, 3.8) is 0 Å². The molecule has 2 amide bonds. The quantitative estimate of drug-likeness (QED) is 0.422. The maximum absolute atomic E-state index is 13.1. The molecule has 0 fully saturated rings. The van der Waals surface area contributed by atoms with E-state index in [0.717, 1.165) is 6.07 Å². The van der Waals surface area contributed by atoms with E-state index in [1.807, 2.05) is 20.8 Å². The van der Waals surface area contributed by atoms with Crippen molar-refractivity contribution in [1.29, 1.82) is 0 Å². The molecular formula is C12H15Cl2FN4O. The molecule has 5 nitrogen and oxygen atoms in total. The van der Waals surface area contributed by atoms with Gasteiger partial charge in [-0.15, -0.1) is 0 Å². The first-order chi connectivity index (χ1) is 9.08. The molecule has 0 heterocycles. The lowest BCUT2D eigenvalue weighted by Crippen LogP contribution is -2.50. The monoisotopic (exact) mass is 320 g/mol. The van der Waals surface area contributed by atoms with Crippen LogP contribution in [-0.4, -0.2) is 17.5 Å². The number of carbonyl (C=O) groups is 1. The maximum Gasteiger partial charge on any atom is 0.321 e. The minimum atomic E-state index is -0.660. The largest absolute Gasteiger partial charge is 0.369 e. The van der Waals surface area contributed by atoms with E-state index in [1.165, 1.54) is 6.07 Å². The van der Waals surface area contributed by atoms with Crippen molar-refractivity contribution in [3.05, 3.63) is 28.0 Å². The van der Waals surface area contributed by atoms with Gasteiger partial charge in [-0.1, -0.05) is 23.2 Å². The number of aliphatic imine (C=N–C) groups is 1. The fourth-order valence-electron chi connectivity index (χ4n) is 1.24. The van der Waals surface area contributed by atoms with Crippen molar-refractivity contribution in [3.8, 4) is 0 Å². The number of hydrogen-bond donors (Lipinski definition) is 3. The number of nitrogens with one attached hydrogen (secondary N) is 2. The van der Waals surface area contributed by atoms with E-state index in [0.29, 0.717) is 0 Å². The van der Waals surface area contributed by atoms with Crippen molar-refractivity contribution in [2.24, 2.45) is 10.7 Å². The minimum absolute atomic E-state index is 0.0351. The molecule has 0 aliphatic carbocycles. The first kappa shape index (κ1) is 16.5. The van der Waals surface area contributed by atoms with E-state index in [-0.39, 0.29) is 21.7 Å². The third kappa shape index (κ3) is 5.22. The fraction of sp³-hybridized carbons (Fsp3) is 0.333. The van der Waals surface area contributed by atoms with Crippen LogP contribution >= 0.6 is 23.2 Å². The summed E-state index contributed by atoms with van der Waals surface area (Å²) in [4.78, 5) is 15.4. The SMILES string of the molecule is CC(C)(C)NC(=O)NC(N)=Nc1cc(Cl)c(F)cc1Cl. The molecule has 110 valence electrons. The summed E-state index contributed by atoms with van der Waals surface area (Å²) in [6.07, 6.45) is 0. The molecule has 0 unspecified atom stereocenters. The van der Waals surface area contributed by atoms with Crippen LogP contribution in [-0.2, 0) is 0 Å². The normalized spacial score (nSPS) is 12.2. The van der Waals surface area contributed by atoms with Gasteiger partial charge < -0.3 is 11.1 Å². The zero-order valence-corrected chi connectivity index (χ0v) is 12.7. The summed E-state index contributed by atoms with van der Waals surface area (Å²) in [5.41, 5.74) is 5.31. The molecule has 1 aromatic carbocycles. The smallest absolute Gasteiger partial charge is 0.321 e. The van der Waals surface area contributed by atoms with Gasteiger partial charge in [-0.05, 0) is 32.9 Å². The topological polar surface area (TPSA) is 79.5 Å². The van der Waals surface area contributed by atoms with E-state index in [4.69, 9.17) is 28.9 Å². The summed E-state index contributed by atoms with van der Waals surface area (Å²) < 4.78 is 13.1. The van der Waals surface area contributed by atoms with Crippen molar-refractivity contribution in [2.45, 2.75) is 26.3 Å². The molecule has 0 atom stereocenters. The highest BCUT2D eigenvalue weighted by Crippen LogP contribution is 2.30. The number of nitrogens with two attached hydrogens (primary N) is 1. The van der Waals surface area contributed by atoms with Gasteiger partial charge in [-0.25, -0.2) is 14.2 Å². The van der Waals surface area contributed by atoms with Gasteiger partial charge in [0.2, 0.25) is 5.96 Å². The Balaban J connectivity index is 2.84. The Morgan fingerprint density at radius 2 is 1.90 bits per heavy atom. The number of halogens is 3. The zero-order chi connectivity index (χ0) is 15.5. The Bertz CT molecular complexity index is 555. The van der Waals surface area contributed by atoms with E-state index < -0.39 is 17.4 Å². The van der Waals surface area contributed by atoms with Crippen LogP contribution in [0.3, 0.4) is 0 Å². The van der Waals surface area contributed by atoms with Gasteiger partial charge in [-0.2, -0.15) is 0 Å². The lowest BCUT2D eigenvalue weighted by atomic mass is 10.1. The highest BCUT2D eigenvalue weighted by molar-refractivity contribution is 6.35. The number of urea groups is 1. The number of nitrogens with zero attached hydrogens (tertiary/aromatic N) is 1. The van der Waals surface area contributed by atoms with Gasteiger partial charge >= 0.3 is 6.03 Å². The summed E-state index contributed by atoms with van der Waals surface area (Å²) in [6, 6.07) is 1.73. The number of rotatable bonds is 1. The van der Waals surface area contributed by atoms with E-state index >= 15 is 0 Å². The van der Waals surface area contributed by atoms with Gasteiger partial charge in [0.25, 0.3) is 0 Å². The van der Waals surface area contributed by atoms with Crippen molar-refractivity contribution in [2.75, 3.05) is 0 Å². The molecule has 0 radical (unpaired) electrons. The molecule has 1 rings (SSSR count). The van der Waals surface area contributed by atoms with Crippen LogP contribution in [0, 0.1) is 5.82 Å². The van der Waals surface area contributed by atoms with Gasteiger partial charge in [-0.3, -0.25) is 5.32 Å². The van der Waals surface area contributed by atoms with Gasteiger partial charge in [0.15, 0.2) is 0 Å². The molecule has 0 aliphatic rings. The molecule has 0 aromatic heterocycles. The van der Waals surface area contributed by atoms with Crippen molar-refractivity contribution < 1.29 is 9.18 Å². The Morgan fingerprint density at radius 1 is 1.30 bits per heavy atom. The van der Waals surface area contributed by atoms with Crippen molar-refractivity contribution >= 4 is 40.9 Å². The molecule has 20 heavy (non-hydrogen) atoms. The molecule has 4 N–H and O–H groups in total. The lowest BCUT2D eigenvalue weighted by Gasteiger charge is -2.20. The van der Waals surface area contributed by atoms with Crippen LogP contribution in [0.5, 0.6) is 0 Å². The number of carbonyl (C=O) groups excluding carboxylic acids is 1. The van der Waals surface area contributed by atoms with Gasteiger partial charge in [0.05, 0.1) is 15.7 Å². The lowest BCUT2D eigenvalue weighted by molar-refractivity contribution is 0.236. The first-order valence-electron chi connectivity index (χ1n) is 5.66. The number of hydrogen-bond acceptors (Lipinski definition) is 2. The second-order valence-electron chi connectivity index (χ2n) is 5.04. The predicted molar refractivity (Wildman–Crippen MR) is 79.1 cm³/mol. The Labute approximate surface area is 126 Å². The maximum atomic E-state index is 13.1. The third-order valence-electron chi connectivity index (χ3n) is 1.96. The van der Waals surface area contributed by atoms with Crippen LogP contribution in [0.25, 0.3) is 0 Å². The van der Waals surface area contributed by atoms with Crippen LogP contribution in [0.1, 0.15) is 20.8 Å². The minimum Gasteiger partial charge on any atom is -0.369 e. The highest BCUT2D eigenvalue weighted by Gasteiger charge is 2.14. The molecule has 8 heteroatoms. The van der Waals surface area contributed by atoms with Crippen LogP contribution in [0.2, 0.25) is 10.0 Å². The van der Waals surface area contributed by atoms with Crippen LogP contribution < -0.4 is 16.4 Å². The number of guanidine groups is 1. The average molecular weight is 321 g/mol. The van der Waals surface area contributed by atoms with E-state index in [2.05, 4.69) is 15.6 Å². The summed E-state index contributed by atoms with van der Waals surface area (Å²) in [5.74, 6) is -0.844. The summed E-state index contributed by atoms with van der Waals surface area (Å²) in [7, 11) is 0. The first-order valence-corrected chi connectivity index (χ1v) is 6.42. The van der Waals surface area contributed by atoms with Gasteiger partial charge in [0.1, 0.15) is 5.82 Å². The predicted octanol–water partition coefficient (Wildman–Crippen LogP) is 3.18. The molecule has 0 aliphatic heterocycles. The summed E-state index contributed by atoms with van der Waals surface area (Å²) in [5, 5.41) is 4.87. The van der Waals surface area contributed by atoms with E-state index in [9.17, 15) is 9.18 Å². The fourth-order valence-corrected chi connectivity index (χ4v) is 1.59. The molecule has 0 saturated heterocycles. The molecule has 0 spiro atoms. The summed E-state index contributed by atoms with van der Waals surface area (Å²) >= 11 is 11.4. The highest BCUT2D eigenvalue weighted by atomic mass is 35.5.